The van der Waals surface area contributed by atoms with Gasteiger partial charge in [0, 0.05) is 12.0 Å². The van der Waals surface area contributed by atoms with E-state index in [0.29, 0.717) is 45.9 Å². The highest BCUT2D eigenvalue weighted by atomic mass is 16.6. The van der Waals surface area contributed by atoms with E-state index < -0.39 is 67.7 Å². The Balaban J connectivity index is 1.74. The summed E-state index contributed by atoms with van der Waals surface area (Å²) >= 11 is 0. The Morgan fingerprint density at radius 1 is 1.12 bits per heavy atom. The molecule has 0 spiro atoms. The van der Waals surface area contributed by atoms with Crippen molar-refractivity contribution in [3.8, 4) is 5.75 Å². The average molecular weight is 589 g/mol. The molecule has 2 fully saturated rings. The van der Waals surface area contributed by atoms with Crippen molar-refractivity contribution in [2.24, 2.45) is 0 Å². The van der Waals surface area contributed by atoms with Crippen LogP contribution in [-0.2, 0) is 30.2 Å². The average Bonchev–Trinajstić information content (AvgIpc) is 2.94. The fraction of sp³-hybridized carbons (Fsp3) is 0.548. The van der Waals surface area contributed by atoms with Crippen LogP contribution in [0.1, 0.15) is 68.2 Å². The first-order valence-corrected chi connectivity index (χ1v) is 14.2. The van der Waals surface area contributed by atoms with Crippen LogP contribution >= 0.6 is 0 Å². The van der Waals surface area contributed by atoms with E-state index in [1.54, 1.807) is 31.2 Å². The van der Waals surface area contributed by atoms with Crippen LogP contribution in [-0.4, -0.2) is 92.4 Å². The number of fused-ring (bicyclic) bond motifs is 1. The maximum Gasteiger partial charge on any atom is 0.329 e. The molecule has 4 rings (SSSR count). The van der Waals surface area contributed by atoms with Gasteiger partial charge in [0.25, 0.3) is 0 Å². The molecule has 0 amide bonds. The fourth-order valence-corrected chi connectivity index (χ4v) is 5.85. The van der Waals surface area contributed by atoms with Crippen LogP contribution in [0.5, 0.6) is 5.75 Å². The van der Waals surface area contributed by atoms with Gasteiger partial charge in [-0.25, -0.2) is 4.79 Å². The summed E-state index contributed by atoms with van der Waals surface area (Å²) in [6, 6.07) is 6.85. The number of aliphatic carboxylic acids is 2. The number of ether oxygens (including phenoxy) is 3. The second kappa shape index (κ2) is 13.5. The number of benzene rings is 2. The Kier molecular flexibility index (Phi) is 10.2. The zero-order chi connectivity index (χ0) is 30.7. The number of carboxylic acid groups (broad SMARTS) is 2. The second-order valence-corrected chi connectivity index (χ2v) is 11.4. The third-order valence-electron chi connectivity index (χ3n) is 8.23. The van der Waals surface area contributed by atoms with Crippen molar-refractivity contribution in [3.63, 3.8) is 0 Å². The van der Waals surface area contributed by atoms with Gasteiger partial charge >= 0.3 is 11.9 Å². The number of rotatable bonds is 11. The number of aromatic hydroxyl groups is 1. The Hall–Kier alpha value is -3.06. The first-order valence-electron chi connectivity index (χ1n) is 14.2. The summed E-state index contributed by atoms with van der Waals surface area (Å²) in [5.41, 5.74) is 2.10. The van der Waals surface area contributed by atoms with Gasteiger partial charge in [0.15, 0.2) is 0 Å². The zero-order valence-electron chi connectivity index (χ0n) is 23.8. The maximum atomic E-state index is 11.7. The number of phenolic OH excluding ortho intramolecular Hbond substituents is 1. The molecule has 2 saturated heterocycles. The maximum absolute atomic E-state index is 11.7. The van der Waals surface area contributed by atoms with E-state index in [2.05, 4.69) is 6.58 Å². The molecule has 0 bridgehead atoms. The van der Waals surface area contributed by atoms with Gasteiger partial charge in [-0.05, 0) is 67.5 Å². The summed E-state index contributed by atoms with van der Waals surface area (Å²) in [6.07, 6.45) is -3.36. The Morgan fingerprint density at radius 3 is 2.52 bits per heavy atom. The van der Waals surface area contributed by atoms with E-state index in [4.69, 9.17) is 19.3 Å². The van der Waals surface area contributed by atoms with E-state index in [0.717, 1.165) is 6.42 Å². The molecule has 11 nitrogen and oxygen atoms in total. The lowest BCUT2D eigenvalue weighted by atomic mass is 9.86. The highest BCUT2D eigenvalue weighted by molar-refractivity contribution is 5.91. The Morgan fingerprint density at radius 2 is 1.86 bits per heavy atom. The Bertz CT molecular complexity index is 1310. The minimum atomic E-state index is -1.30. The molecule has 8 atom stereocenters. The number of aliphatic hydroxyl groups is 3. The van der Waals surface area contributed by atoms with Gasteiger partial charge in [-0.15, -0.1) is 0 Å². The lowest BCUT2D eigenvalue weighted by Crippen LogP contribution is -2.49. The predicted molar refractivity (Wildman–Crippen MR) is 151 cm³/mol. The van der Waals surface area contributed by atoms with Crippen molar-refractivity contribution in [2.75, 3.05) is 13.2 Å². The summed E-state index contributed by atoms with van der Waals surface area (Å²) in [5.74, 6) is -3.10. The molecule has 0 aliphatic carbocycles. The van der Waals surface area contributed by atoms with E-state index in [1.165, 1.54) is 0 Å². The summed E-state index contributed by atoms with van der Waals surface area (Å²) in [6.45, 7) is 6.47. The molecule has 230 valence electrons. The first kappa shape index (κ1) is 31.9. The lowest BCUT2D eigenvalue weighted by molar-refractivity contribution is -0.198. The molecule has 2 aromatic rings. The van der Waals surface area contributed by atoms with Crippen LogP contribution in [0.4, 0.5) is 0 Å². The van der Waals surface area contributed by atoms with Crippen LogP contribution in [0.2, 0.25) is 0 Å². The van der Waals surface area contributed by atoms with Crippen molar-refractivity contribution < 1.29 is 54.4 Å². The molecule has 6 unspecified atom stereocenters. The molecule has 42 heavy (non-hydrogen) atoms. The van der Waals surface area contributed by atoms with Crippen LogP contribution in [0.3, 0.4) is 0 Å². The lowest BCUT2D eigenvalue weighted by Gasteiger charge is -2.39. The van der Waals surface area contributed by atoms with Crippen molar-refractivity contribution >= 4 is 22.7 Å². The topological polar surface area (TPSA) is 183 Å². The molecule has 2 aliphatic heterocycles. The van der Waals surface area contributed by atoms with Crippen LogP contribution in [0, 0.1) is 0 Å². The van der Waals surface area contributed by atoms with E-state index in [9.17, 15) is 35.1 Å². The molecule has 2 aliphatic rings. The Labute approximate surface area is 244 Å². The standard InChI is InChI=1S/C31H40O11/c1-15(9-23-22(33)7-4-16(2)41-23)8-20-11-19-10-18(17(3)31(38)39)5-6-21(19)28(29(20)36)24-12-25(40-14-27(34)35)30(37)26(13-32)42-24/h5-6,10-11,16-17,22-26,30,32-33,36-37H,1,4,7-9,12-14H2,2-3H3,(H,34,35)(H,38,39)/t16-,17-,22?,23?,24?,25?,26?,30?/m0/s1. The zero-order valence-corrected chi connectivity index (χ0v) is 23.8. The summed E-state index contributed by atoms with van der Waals surface area (Å²) in [4.78, 5) is 22.8. The number of carbonyl (C=O) groups is 2. The molecular weight excluding hydrogens is 548 g/mol. The number of aliphatic hydroxyl groups excluding tert-OH is 3. The number of hydrogen-bond donors (Lipinski definition) is 6. The van der Waals surface area contributed by atoms with E-state index in [1.807, 2.05) is 6.92 Å². The molecule has 11 heteroatoms. The largest absolute Gasteiger partial charge is 0.507 e. The third kappa shape index (κ3) is 7.11. The molecule has 2 aromatic carbocycles. The van der Waals surface area contributed by atoms with Gasteiger partial charge in [-0.1, -0.05) is 30.4 Å². The normalized spacial score (nSPS) is 28.8. The highest BCUT2D eigenvalue weighted by Crippen LogP contribution is 2.44. The molecule has 0 aromatic heterocycles. The van der Waals surface area contributed by atoms with Crippen molar-refractivity contribution in [3.05, 3.63) is 53.1 Å². The van der Waals surface area contributed by atoms with Crippen LogP contribution in [0.15, 0.2) is 36.4 Å². The highest BCUT2D eigenvalue weighted by Gasteiger charge is 2.41. The number of hydrogen-bond acceptors (Lipinski definition) is 9. The molecule has 2 heterocycles. The molecular formula is C31H40O11. The quantitative estimate of drug-likeness (QED) is 0.212. The monoisotopic (exact) mass is 588 g/mol. The predicted octanol–water partition coefficient (Wildman–Crippen LogP) is 2.80. The van der Waals surface area contributed by atoms with E-state index >= 15 is 0 Å². The van der Waals surface area contributed by atoms with Gasteiger partial charge in [0.05, 0.1) is 43.0 Å². The summed E-state index contributed by atoms with van der Waals surface area (Å²) in [5, 5.41) is 62.5. The molecule has 0 saturated carbocycles. The van der Waals surface area contributed by atoms with Crippen LogP contribution in [0.25, 0.3) is 10.8 Å². The van der Waals surface area contributed by atoms with Crippen molar-refractivity contribution in [2.45, 2.75) is 94.6 Å². The van der Waals surface area contributed by atoms with Gasteiger partial charge in [0.2, 0.25) is 0 Å². The minimum absolute atomic E-state index is 0.00865. The van der Waals surface area contributed by atoms with Crippen molar-refractivity contribution in [1.29, 1.82) is 0 Å². The summed E-state index contributed by atoms with van der Waals surface area (Å²) < 4.78 is 17.4. The number of carboxylic acids is 2. The minimum Gasteiger partial charge on any atom is -0.507 e. The van der Waals surface area contributed by atoms with Gasteiger partial charge in [-0.3, -0.25) is 4.79 Å². The molecule has 6 N–H and O–H groups in total. The van der Waals surface area contributed by atoms with Crippen molar-refractivity contribution in [1.82, 2.24) is 0 Å². The smallest absolute Gasteiger partial charge is 0.329 e. The van der Waals surface area contributed by atoms with Gasteiger partial charge in [-0.2, -0.15) is 0 Å². The fourth-order valence-electron chi connectivity index (χ4n) is 5.85. The summed E-state index contributed by atoms with van der Waals surface area (Å²) in [7, 11) is 0. The number of phenols is 1. The first-order chi connectivity index (χ1) is 19.9. The molecule has 0 radical (unpaired) electrons. The SMILES string of the molecule is C=C(Cc1cc2cc([C@H](C)C(=O)O)ccc2c(C2CC(OCC(=O)O)C(O)C(CO)O2)c1O)CC1O[C@@H](C)CCC1O. The second-order valence-electron chi connectivity index (χ2n) is 11.4. The van der Waals surface area contributed by atoms with E-state index in [-0.39, 0.29) is 24.7 Å². The van der Waals surface area contributed by atoms with Crippen LogP contribution < -0.4 is 0 Å². The third-order valence-corrected chi connectivity index (χ3v) is 8.23. The van der Waals surface area contributed by atoms with Gasteiger partial charge < -0.3 is 44.8 Å². The van der Waals surface area contributed by atoms with Gasteiger partial charge in [0.1, 0.15) is 24.6 Å².